The van der Waals surface area contributed by atoms with Gasteiger partial charge < -0.3 is 14.5 Å². The molecular formula is C22H26Cl2N2O3. The van der Waals surface area contributed by atoms with E-state index in [1.54, 1.807) is 48.2 Å². The first kappa shape index (κ1) is 23.2. The van der Waals surface area contributed by atoms with Gasteiger partial charge in [-0.25, -0.2) is 0 Å². The van der Waals surface area contributed by atoms with Crippen molar-refractivity contribution in [2.45, 2.75) is 25.9 Å². The van der Waals surface area contributed by atoms with Crippen LogP contribution in [0.2, 0.25) is 10.0 Å². The molecular weight excluding hydrogens is 411 g/mol. The summed E-state index contributed by atoms with van der Waals surface area (Å²) in [6.07, 6.45) is 0. The zero-order chi connectivity index (χ0) is 21.6. The Labute approximate surface area is 182 Å². The highest BCUT2D eigenvalue weighted by molar-refractivity contribution is 6.30. The monoisotopic (exact) mass is 436 g/mol. The third kappa shape index (κ3) is 6.46. The predicted molar refractivity (Wildman–Crippen MR) is 116 cm³/mol. The molecule has 5 nitrogen and oxygen atoms in total. The molecule has 29 heavy (non-hydrogen) atoms. The Balaban J connectivity index is 1.83. The Morgan fingerprint density at radius 3 is 1.38 bits per heavy atom. The average Bonchev–Trinajstić information content (AvgIpc) is 2.72. The molecule has 0 spiro atoms. The Hall–Kier alpha value is -2.08. The number of halogens is 2. The van der Waals surface area contributed by atoms with Gasteiger partial charge in [0.1, 0.15) is 13.2 Å². The molecule has 7 heteroatoms. The van der Waals surface area contributed by atoms with Crippen LogP contribution in [0.5, 0.6) is 0 Å². The summed E-state index contributed by atoms with van der Waals surface area (Å²) < 4.78 is 5.39. The lowest BCUT2D eigenvalue weighted by atomic mass is 10.1. The van der Waals surface area contributed by atoms with E-state index < -0.39 is 0 Å². The second-order valence-electron chi connectivity index (χ2n) is 6.96. The van der Waals surface area contributed by atoms with Gasteiger partial charge in [0.05, 0.1) is 12.1 Å². The maximum absolute atomic E-state index is 12.4. The normalized spacial score (nSPS) is 12.9. The van der Waals surface area contributed by atoms with E-state index in [1.807, 2.05) is 38.1 Å². The van der Waals surface area contributed by atoms with Crippen molar-refractivity contribution in [3.63, 3.8) is 0 Å². The Kier molecular flexibility index (Phi) is 8.50. The number of rotatable bonds is 8. The van der Waals surface area contributed by atoms with Crippen molar-refractivity contribution in [3.05, 3.63) is 69.7 Å². The topological polar surface area (TPSA) is 49.9 Å². The number of nitrogens with zero attached hydrogens (tertiary/aromatic N) is 2. The van der Waals surface area contributed by atoms with Crippen molar-refractivity contribution in [2.75, 3.05) is 27.3 Å². The first-order chi connectivity index (χ1) is 13.7. The van der Waals surface area contributed by atoms with Gasteiger partial charge in [-0.05, 0) is 49.2 Å². The van der Waals surface area contributed by atoms with Crippen molar-refractivity contribution in [3.8, 4) is 0 Å². The zero-order valence-electron chi connectivity index (χ0n) is 17.1. The van der Waals surface area contributed by atoms with Crippen molar-refractivity contribution < 1.29 is 14.3 Å². The molecule has 0 aliphatic carbocycles. The summed E-state index contributed by atoms with van der Waals surface area (Å²) in [6.45, 7) is 3.52. The number of benzene rings is 2. The minimum Gasteiger partial charge on any atom is -0.362 e. The number of amides is 2. The molecule has 0 saturated heterocycles. The lowest BCUT2D eigenvalue weighted by Crippen LogP contribution is -2.36. The summed E-state index contributed by atoms with van der Waals surface area (Å²) in [5, 5.41) is 1.29. The maximum atomic E-state index is 12.4. The van der Waals surface area contributed by atoms with Crippen molar-refractivity contribution in [2.24, 2.45) is 0 Å². The first-order valence-electron chi connectivity index (χ1n) is 9.30. The summed E-state index contributed by atoms with van der Waals surface area (Å²) >= 11 is 11.8. The highest BCUT2D eigenvalue weighted by Gasteiger charge is 2.20. The fourth-order valence-electron chi connectivity index (χ4n) is 2.79. The Bertz CT molecular complexity index is 755. The lowest BCUT2D eigenvalue weighted by molar-refractivity contribution is -0.142. The zero-order valence-corrected chi connectivity index (χ0v) is 18.6. The molecule has 2 unspecified atom stereocenters. The van der Waals surface area contributed by atoms with Gasteiger partial charge in [-0.3, -0.25) is 9.59 Å². The molecule has 0 bridgehead atoms. The highest BCUT2D eigenvalue weighted by atomic mass is 35.5. The van der Waals surface area contributed by atoms with E-state index in [-0.39, 0.29) is 37.1 Å². The highest BCUT2D eigenvalue weighted by Crippen LogP contribution is 2.22. The van der Waals surface area contributed by atoms with E-state index in [1.165, 1.54) is 0 Å². The smallest absolute Gasteiger partial charge is 0.248 e. The average molecular weight is 437 g/mol. The lowest BCUT2D eigenvalue weighted by Gasteiger charge is -2.27. The van der Waals surface area contributed by atoms with Crippen LogP contribution in [-0.4, -0.2) is 48.9 Å². The van der Waals surface area contributed by atoms with Crippen LogP contribution < -0.4 is 0 Å². The van der Waals surface area contributed by atoms with E-state index >= 15 is 0 Å². The number of likely N-dealkylation sites (N-methyl/N-ethyl adjacent to an activating group) is 2. The Morgan fingerprint density at radius 2 is 1.07 bits per heavy atom. The van der Waals surface area contributed by atoms with Crippen molar-refractivity contribution >= 4 is 35.0 Å². The van der Waals surface area contributed by atoms with Gasteiger partial charge in [0.2, 0.25) is 11.8 Å². The molecule has 0 saturated carbocycles. The van der Waals surface area contributed by atoms with Gasteiger partial charge in [0.15, 0.2) is 0 Å². The molecule has 2 aromatic rings. The molecule has 0 aliphatic heterocycles. The van der Waals surface area contributed by atoms with Crippen LogP contribution in [0.3, 0.4) is 0 Å². The van der Waals surface area contributed by atoms with E-state index in [9.17, 15) is 9.59 Å². The molecule has 0 aromatic heterocycles. The molecule has 156 valence electrons. The van der Waals surface area contributed by atoms with Crippen LogP contribution in [0, 0.1) is 0 Å². The van der Waals surface area contributed by atoms with Crippen LogP contribution in [0.4, 0.5) is 0 Å². The molecule has 2 atom stereocenters. The largest absolute Gasteiger partial charge is 0.362 e. The summed E-state index contributed by atoms with van der Waals surface area (Å²) in [5.41, 5.74) is 1.94. The molecule has 2 amide bonds. The molecule has 0 fully saturated rings. The standard InChI is InChI=1S/C22H26Cl2N2O3/c1-15(17-5-9-19(23)10-6-17)25(3)21(27)13-29-14-22(28)26(4)16(2)18-7-11-20(24)12-8-18/h5-12,15-16H,13-14H2,1-4H3. The second-order valence-corrected chi connectivity index (χ2v) is 7.83. The molecule has 0 radical (unpaired) electrons. The summed E-state index contributed by atoms with van der Waals surface area (Å²) in [6, 6.07) is 14.4. The molecule has 0 aliphatic rings. The third-order valence-electron chi connectivity index (χ3n) is 5.10. The van der Waals surface area contributed by atoms with Crippen LogP contribution in [0.15, 0.2) is 48.5 Å². The number of carbonyl (C=O) groups is 2. The predicted octanol–water partition coefficient (Wildman–Crippen LogP) is 4.75. The van der Waals surface area contributed by atoms with Gasteiger partial charge in [-0.15, -0.1) is 0 Å². The van der Waals surface area contributed by atoms with E-state index in [0.29, 0.717) is 10.0 Å². The van der Waals surface area contributed by atoms with Gasteiger partial charge >= 0.3 is 0 Å². The first-order valence-corrected chi connectivity index (χ1v) is 10.1. The van der Waals surface area contributed by atoms with E-state index in [0.717, 1.165) is 11.1 Å². The van der Waals surface area contributed by atoms with Crippen molar-refractivity contribution in [1.29, 1.82) is 0 Å². The fourth-order valence-corrected chi connectivity index (χ4v) is 3.04. The van der Waals surface area contributed by atoms with Gasteiger partial charge in [-0.1, -0.05) is 47.5 Å². The minimum absolute atomic E-state index is 0.133. The van der Waals surface area contributed by atoms with Crippen LogP contribution in [0.25, 0.3) is 0 Å². The summed E-state index contributed by atoms with van der Waals surface area (Å²) in [7, 11) is 3.42. The van der Waals surface area contributed by atoms with Gasteiger partial charge in [0, 0.05) is 24.1 Å². The second kappa shape index (κ2) is 10.6. The SMILES string of the molecule is CC(c1ccc(Cl)cc1)N(C)C(=O)COCC(=O)N(C)C(C)c1ccc(Cl)cc1. The number of hydrogen-bond donors (Lipinski definition) is 0. The van der Waals surface area contributed by atoms with Crippen LogP contribution in [-0.2, 0) is 14.3 Å². The molecule has 0 N–H and O–H groups in total. The minimum atomic E-state index is -0.200. The number of ether oxygens (including phenoxy) is 1. The summed E-state index contributed by atoms with van der Waals surface area (Å²) in [5.74, 6) is -0.401. The number of hydrogen-bond acceptors (Lipinski definition) is 3. The van der Waals surface area contributed by atoms with Crippen molar-refractivity contribution in [1.82, 2.24) is 9.80 Å². The van der Waals surface area contributed by atoms with Gasteiger partial charge in [-0.2, -0.15) is 0 Å². The molecule has 2 aromatic carbocycles. The van der Waals surface area contributed by atoms with Crippen LogP contribution in [0.1, 0.15) is 37.1 Å². The Morgan fingerprint density at radius 1 is 0.759 bits per heavy atom. The van der Waals surface area contributed by atoms with Gasteiger partial charge in [0.25, 0.3) is 0 Å². The quantitative estimate of drug-likeness (QED) is 0.599. The third-order valence-corrected chi connectivity index (χ3v) is 5.61. The van der Waals surface area contributed by atoms with E-state index in [4.69, 9.17) is 27.9 Å². The molecule has 0 heterocycles. The number of carbonyl (C=O) groups excluding carboxylic acids is 2. The summed E-state index contributed by atoms with van der Waals surface area (Å²) in [4.78, 5) is 28.0. The molecule has 2 rings (SSSR count). The maximum Gasteiger partial charge on any atom is 0.248 e. The van der Waals surface area contributed by atoms with E-state index in [2.05, 4.69) is 0 Å². The van der Waals surface area contributed by atoms with Crippen LogP contribution >= 0.6 is 23.2 Å². The fraction of sp³-hybridized carbons (Fsp3) is 0.364.